The van der Waals surface area contributed by atoms with Crippen LogP contribution in [0.15, 0.2) is 48.5 Å². The molecule has 26 heavy (non-hydrogen) atoms. The van der Waals surface area contributed by atoms with Crippen molar-refractivity contribution in [3.8, 4) is 11.1 Å². The molecule has 4 rings (SSSR count). The molecular weight excluding hydrogens is 326 g/mol. The molecule has 2 aliphatic carbocycles. The van der Waals surface area contributed by atoms with Gasteiger partial charge < -0.3 is 15.2 Å². The van der Waals surface area contributed by atoms with Crippen LogP contribution in [-0.4, -0.2) is 30.5 Å². The summed E-state index contributed by atoms with van der Waals surface area (Å²) >= 11 is 0. The van der Waals surface area contributed by atoms with E-state index in [9.17, 15) is 4.79 Å². The Bertz CT molecular complexity index is 743. The molecule has 136 valence electrons. The first-order chi connectivity index (χ1) is 12.8. The summed E-state index contributed by atoms with van der Waals surface area (Å²) in [6.07, 6.45) is 3.53. The molecule has 2 aromatic carbocycles. The van der Waals surface area contributed by atoms with Gasteiger partial charge in [0.1, 0.15) is 6.61 Å². The van der Waals surface area contributed by atoms with Crippen molar-refractivity contribution in [3.63, 3.8) is 0 Å². The number of carbonyl (C=O) groups excluding carboxylic acids is 1. The molecule has 0 bridgehead atoms. The summed E-state index contributed by atoms with van der Waals surface area (Å²) in [4.78, 5) is 12.3. The molecule has 0 radical (unpaired) electrons. The van der Waals surface area contributed by atoms with Crippen LogP contribution in [0.25, 0.3) is 11.1 Å². The molecule has 2 aliphatic rings. The summed E-state index contributed by atoms with van der Waals surface area (Å²) < 4.78 is 5.62. The van der Waals surface area contributed by atoms with Gasteiger partial charge in [0.25, 0.3) is 0 Å². The average Bonchev–Trinajstić information content (AvgIpc) is 3.23. The Labute approximate surface area is 154 Å². The van der Waals surface area contributed by atoms with E-state index in [-0.39, 0.29) is 24.7 Å². The first-order valence-corrected chi connectivity index (χ1v) is 9.50. The Morgan fingerprint density at radius 1 is 1.04 bits per heavy atom. The first-order valence-electron chi connectivity index (χ1n) is 9.50. The number of fused-ring (bicyclic) bond motifs is 3. The van der Waals surface area contributed by atoms with Crippen LogP contribution in [0.2, 0.25) is 0 Å². The molecule has 0 aliphatic heterocycles. The van der Waals surface area contributed by atoms with Crippen LogP contribution in [0.4, 0.5) is 4.79 Å². The number of amides is 1. The van der Waals surface area contributed by atoms with Gasteiger partial charge >= 0.3 is 6.09 Å². The van der Waals surface area contributed by atoms with Gasteiger partial charge in [-0.15, -0.1) is 0 Å². The van der Waals surface area contributed by atoms with E-state index in [4.69, 9.17) is 9.84 Å². The Morgan fingerprint density at radius 2 is 1.69 bits per heavy atom. The molecule has 1 fully saturated rings. The summed E-state index contributed by atoms with van der Waals surface area (Å²) in [7, 11) is 0. The molecule has 0 aromatic heterocycles. The number of hydrogen-bond acceptors (Lipinski definition) is 3. The van der Waals surface area contributed by atoms with Crippen molar-refractivity contribution in [2.75, 3.05) is 13.2 Å². The fraction of sp³-hybridized carbons (Fsp3) is 0.409. The number of rotatable bonds is 5. The molecule has 0 heterocycles. The Morgan fingerprint density at radius 3 is 2.35 bits per heavy atom. The first kappa shape index (κ1) is 17.1. The quantitative estimate of drug-likeness (QED) is 0.853. The SMILES string of the molecule is O=C(NC1CCCC1CCO)OCC1c2ccccc2-c2ccccc21. The second-order valence-corrected chi connectivity index (χ2v) is 7.28. The zero-order valence-corrected chi connectivity index (χ0v) is 14.9. The molecule has 1 amide bonds. The predicted octanol–water partition coefficient (Wildman–Crippen LogP) is 4.08. The Balaban J connectivity index is 1.42. The van der Waals surface area contributed by atoms with Crippen molar-refractivity contribution >= 4 is 6.09 Å². The number of benzene rings is 2. The van der Waals surface area contributed by atoms with Gasteiger partial charge in [-0.3, -0.25) is 0 Å². The third-order valence-electron chi connectivity index (χ3n) is 5.81. The van der Waals surface area contributed by atoms with Crippen LogP contribution in [0.3, 0.4) is 0 Å². The summed E-state index contributed by atoms with van der Waals surface area (Å²) in [5.41, 5.74) is 4.91. The molecule has 0 spiro atoms. The summed E-state index contributed by atoms with van der Waals surface area (Å²) in [5, 5.41) is 12.2. The van der Waals surface area contributed by atoms with Crippen molar-refractivity contribution in [1.29, 1.82) is 0 Å². The maximum Gasteiger partial charge on any atom is 0.407 e. The molecule has 2 N–H and O–H groups in total. The van der Waals surface area contributed by atoms with Gasteiger partial charge in [-0.25, -0.2) is 4.79 Å². The normalized spacial score (nSPS) is 21.3. The van der Waals surface area contributed by atoms with Crippen LogP contribution < -0.4 is 5.32 Å². The highest BCUT2D eigenvalue weighted by Crippen LogP contribution is 2.44. The highest BCUT2D eigenvalue weighted by Gasteiger charge is 2.31. The lowest BCUT2D eigenvalue weighted by molar-refractivity contribution is 0.134. The minimum Gasteiger partial charge on any atom is -0.449 e. The lowest BCUT2D eigenvalue weighted by atomic mass is 9.98. The number of nitrogens with one attached hydrogen (secondary N) is 1. The molecule has 4 heteroatoms. The van der Waals surface area contributed by atoms with Crippen LogP contribution in [0.5, 0.6) is 0 Å². The van der Waals surface area contributed by atoms with E-state index in [2.05, 4.69) is 29.6 Å². The molecule has 2 unspecified atom stereocenters. The van der Waals surface area contributed by atoms with Crippen LogP contribution in [0.1, 0.15) is 42.7 Å². The predicted molar refractivity (Wildman–Crippen MR) is 101 cm³/mol. The molecule has 2 aromatic rings. The van der Waals surface area contributed by atoms with Crippen molar-refractivity contribution < 1.29 is 14.6 Å². The summed E-state index contributed by atoms with van der Waals surface area (Å²) in [6.45, 7) is 0.519. The van der Waals surface area contributed by atoms with Gasteiger partial charge in [-0.1, -0.05) is 55.0 Å². The zero-order valence-electron chi connectivity index (χ0n) is 14.9. The second-order valence-electron chi connectivity index (χ2n) is 7.28. The Kier molecular flexibility index (Phi) is 4.93. The van der Waals surface area contributed by atoms with E-state index in [0.717, 1.165) is 25.7 Å². The van der Waals surface area contributed by atoms with Crippen LogP contribution >= 0.6 is 0 Å². The third-order valence-corrected chi connectivity index (χ3v) is 5.81. The molecule has 0 saturated heterocycles. The number of hydrogen-bond donors (Lipinski definition) is 2. The van der Waals surface area contributed by atoms with Crippen LogP contribution in [0, 0.1) is 5.92 Å². The highest BCUT2D eigenvalue weighted by molar-refractivity contribution is 5.79. The lowest BCUT2D eigenvalue weighted by Gasteiger charge is -2.21. The minimum atomic E-state index is -0.346. The number of aliphatic hydroxyl groups is 1. The van der Waals surface area contributed by atoms with E-state index < -0.39 is 0 Å². The molecule has 2 atom stereocenters. The largest absolute Gasteiger partial charge is 0.449 e. The standard InChI is InChI=1S/C22H25NO3/c24-13-12-15-6-5-11-21(15)23-22(25)26-14-20-18-9-3-1-7-16(18)17-8-2-4-10-19(17)20/h1-4,7-10,15,20-21,24H,5-6,11-14H2,(H,23,25). The average molecular weight is 351 g/mol. The molecule has 4 nitrogen and oxygen atoms in total. The van der Waals surface area contributed by atoms with Crippen molar-refractivity contribution in [2.24, 2.45) is 5.92 Å². The maximum atomic E-state index is 12.3. The maximum absolute atomic E-state index is 12.3. The van der Waals surface area contributed by atoms with Crippen LogP contribution in [-0.2, 0) is 4.74 Å². The second kappa shape index (κ2) is 7.50. The molecular formula is C22H25NO3. The van der Waals surface area contributed by atoms with Gasteiger partial charge in [0, 0.05) is 18.6 Å². The monoisotopic (exact) mass is 351 g/mol. The topological polar surface area (TPSA) is 58.6 Å². The lowest BCUT2D eigenvalue weighted by Crippen LogP contribution is -2.38. The number of aliphatic hydroxyl groups excluding tert-OH is 1. The fourth-order valence-electron chi connectivity index (χ4n) is 4.53. The van der Waals surface area contributed by atoms with Crippen molar-refractivity contribution in [1.82, 2.24) is 5.32 Å². The van der Waals surface area contributed by atoms with Gasteiger partial charge in [0.2, 0.25) is 0 Å². The van der Waals surface area contributed by atoms with E-state index in [1.165, 1.54) is 22.3 Å². The molecule has 1 saturated carbocycles. The van der Waals surface area contributed by atoms with E-state index in [0.29, 0.717) is 12.5 Å². The van der Waals surface area contributed by atoms with Gasteiger partial charge in [-0.05, 0) is 47.4 Å². The van der Waals surface area contributed by atoms with E-state index >= 15 is 0 Å². The summed E-state index contributed by atoms with van der Waals surface area (Å²) in [5.74, 6) is 0.449. The van der Waals surface area contributed by atoms with Crippen molar-refractivity contribution in [2.45, 2.75) is 37.6 Å². The minimum absolute atomic E-state index is 0.0879. The third kappa shape index (κ3) is 3.21. The van der Waals surface area contributed by atoms with E-state index in [1.807, 2.05) is 24.3 Å². The number of ether oxygens (including phenoxy) is 1. The number of carbonyl (C=O) groups is 1. The summed E-state index contributed by atoms with van der Waals surface area (Å²) in [6, 6.07) is 16.8. The smallest absolute Gasteiger partial charge is 0.407 e. The zero-order chi connectivity index (χ0) is 17.9. The van der Waals surface area contributed by atoms with Crippen molar-refractivity contribution in [3.05, 3.63) is 59.7 Å². The Hall–Kier alpha value is -2.33. The fourth-order valence-corrected chi connectivity index (χ4v) is 4.53. The van der Waals surface area contributed by atoms with Gasteiger partial charge in [0.15, 0.2) is 0 Å². The highest BCUT2D eigenvalue weighted by atomic mass is 16.5. The van der Waals surface area contributed by atoms with Gasteiger partial charge in [0.05, 0.1) is 0 Å². The number of alkyl carbamates (subject to hydrolysis) is 1. The van der Waals surface area contributed by atoms with Gasteiger partial charge in [-0.2, -0.15) is 0 Å². The van der Waals surface area contributed by atoms with E-state index in [1.54, 1.807) is 0 Å².